The van der Waals surface area contributed by atoms with E-state index < -0.39 is 0 Å². The molecule has 0 atom stereocenters. The lowest BCUT2D eigenvalue weighted by molar-refractivity contribution is 0.0910. The molecule has 0 bridgehead atoms. The van der Waals surface area contributed by atoms with E-state index in [-0.39, 0.29) is 12.7 Å². The average Bonchev–Trinajstić information content (AvgIpc) is 2.68. The second-order valence-electron chi connectivity index (χ2n) is 6.01. The summed E-state index contributed by atoms with van der Waals surface area (Å²) in [5, 5.41) is 0.662. The molecule has 3 nitrogen and oxygen atoms in total. The van der Waals surface area contributed by atoms with Gasteiger partial charge in [-0.2, -0.15) is 0 Å². The fourth-order valence-corrected chi connectivity index (χ4v) is 2.74. The Morgan fingerprint density at radius 1 is 0.731 bits per heavy atom. The Labute approximate surface area is 158 Å². The van der Waals surface area contributed by atoms with Crippen LogP contribution < -0.4 is 0 Å². The van der Waals surface area contributed by atoms with Crippen molar-refractivity contribution in [3.63, 3.8) is 0 Å². The molecule has 0 aliphatic rings. The standard InChI is InChI=1S/C22H20ClNO2/c23-21-13-11-20(12-14-21)17-26-22(25)24(15-18-7-3-1-4-8-18)16-19-9-5-2-6-10-19/h1-14H,15-17H2. The second-order valence-corrected chi connectivity index (χ2v) is 6.44. The smallest absolute Gasteiger partial charge is 0.410 e. The van der Waals surface area contributed by atoms with Gasteiger partial charge >= 0.3 is 6.09 Å². The van der Waals surface area contributed by atoms with Crippen molar-refractivity contribution in [1.82, 2.24) is 4.90 Å². The van der Waals surface area contributed by atoms with Gasteiger partial charge in [0.25, 0.3) is 0 Å². The maximum absolute atomic E-state index is 12.7. The number of carbonyl (C=O) groups excluding carboxylic acids is 1. The van der Waals surface area contributed by atoms with Gasteiger partial charge in [0.1, 0.15) is 6.61 Å². The predicted octanol–water partition coefficient (Wildman–Crippen LogP) is 5.68. The van der Waals surface area contributed by atoms with E-state index in [1.807, 2.05) is 72.8 Å². The minimum Gasteiger partial charge on any atom is -0.445 e. The summed E-state index contributed by atoms with van der Waals surface area (Å²) < 4.78 is 5.52. The average molecular weight is 366 g/mol. The van der Waals surface area contributed by atoms with Crippen molar-refractivity contribution < 1.29 is 9.53 Å². The van der Waals surface area contributed by atoms with Crippen LogP contribution in [0.1, 0.15) is 16.7 Å². The summed E-state index contributed by atoms with van der Waals surface area (Å²) in [4.78, 5) is 14.4. The third-order valence-electron chi connectivity index (χ3n) is 3.97. The zero-order valence-corrected chi connectivity index (χ0v) is 15.1. The largest absolute Gasteiger partial charge is 0.445 e. The monoisotopic (exact) mass is 365 g/mol. The van der Waals surface area contributed by atoms with E-state index in [1.54, 1.807) is 17.0 Å². The normalized spacial score (nSPS) is 10.3. The zero-order chi connectivity index (χ0) is 18.2. The second kappa shape index (κ2) is 9.07. The molecule has 0 heterocycles. The number of halogens is 1. The highest BCUT2D eigenvalue weighted by atomic mass is 35.5. The molecule has 0 fully saturated rings. The number of nitrogens with zero attached hydrogens (tertiary/aromatic N) is 1. The zero-order valence-electron chi connectivity index (χ0n) is 14.3. The molecule has 0 N–H and O–H groups in total. The van der Waals surface area contributed by atoms with Gasteiger partial charge in [0, 0.05) is 18.1 Å². The summed E-state index contributed by atoms with van der Waals surface area (Å²) in [6, 6.07) is 27.1. The van der Waals surface area contributed by atoms with E-state index in [1.165, 1.54) is 0 Å². The van der Waals surface area contributed by atoms with Crippen LogP contribution in [-0.4, -0.2) is 11.0 Å². The summed E-state index contributed by atoms with van der Waals surface area (Å²) in [6.45, 7) is 1.21. The maximum atomic E-state index is 12.7. The number of benzene rings is 3. The van der Waals surface area contributed by atoms with Gasteiger partial charge in [-0.15, -0.1) is 0 Å². The number of carbonyl (C=O) groups is 1. The molecule has 0 saturated carbocycles. The first-order valence-corrected chi connectivity index (χ1v) is 8.82. The molecule has 4 heteroatoms. The summed E-state index contributed by atoms with van der Waals surface area (Å²) in [5.74, 6) is 0. The van der Waals surface area contributed by atoms with Gasteiger partial charge in [0.15, 0.2) is 0 Å². The Balaban J connectivity index is 1.68. The molecular weight excluding hydrogens is 346 g/mol. The number of amides is 1. The van der Waals surface area contributed by atoms with E-state index in [9.17, 15) is 4.79 Å². The van der Waals surface area contributed by atoms with Crippen LogP contribution in [0.2, 0.25) is 5.02 Å². The minimum atomic E-state index is -0.340. The highest BCUT2D eigenvalue weighted by Gasteiger charge is 2.16. The fourth-order valence-electron chi connectivity index (χ4n) is 2.61. The Hall–Kier alpha value is -2.78. The van der Waals surface area contributed by atoms with Crippen LogP contribution in [0.15, 0.2) is 84.9 Å². The summed E-state index contributed by atoms with van der Waals surface area (Å²) >= 11 is 5.89. The molecule has 3 aromatic carbocycles. The molecule has 132 valence electrons. The van der Waals surface area contributed by atoms with Gasteiger partial charge in [-0.1, -0.05) is 84.4 Å². The van der Waals surface area contributed by atoms with E-state index in [2.05, 4.69) is 0 Å². The molecule has 0 unspecified atom stereocenters. The van der Waals surface area contributed by atoms with Crippen molar-refractivity contribution in [3.8, 4) is 0 Å². The van der Waals surface area contributed by atoms with Crippen molar-refractivity contribution in [2.24, 2.45) is 0 Å². The van der Waals surface area contributed by atoms with Crippen LogP contribution >= 0.6 is 11.6 Å². The van der Waals surface area contributed by atoms with E-state index >= 15 is 0 Å². The van der Waals surface area contributed by atoms with Crippen molar-refractivity contribution in [3.05, 3.63) is 107 Å². The lowest BCUT2D eigenvalue weighted by Gasteiger charge is -2.22. The van der Waals surface area contributed by atoms with Crippen LogP contribution in [0.25, 0.3) is 0 Å². The van der Waals surface area contributed by atoms with Crippen molar-refractivity contribution in [2.45, 2.75) is 19.7 Å². The predicted molar refractivity (Wildman–Crippen MR) is 104 cm³/mol. The first-order chi connectivity index (χ1) is 12.7. The van der Waals surface area contributed by atoms with Gasteiger partial charge in [0.05, 0.1) is 0 Å². The Morgan fingerprint density at radius 3 is 1.73 bits per heavy atom. The van der Waals surface area contributed by atoms with Crippen LogP contribution in [0.3, 0.4) is 0 Å². The fraction of sp³-hybridized carbons (Fsp3) is 0.136. The van der Waals surface area contributed by atoms with Crippen molar-refractivity contribution >= 4 is 17.7 Å². The number of hydrogen-bond donors (Lipinski definition) is 0. The van der Waals surface area contributed by atoms with Crippen LogP contribution in [-0.2, 0) is 24.4 Å². The van der Waals surface area contributed by atoms with Crippen LogP contribution in [0.4, 0.5) is 4.79 Å². The van der Waals surface area contributed by atoms with Gasteiger partial charge in [-0.25, -0.2) is 4.79 Å². The van der Waals surface area contributed by atoms with Crippen LogP contribution in [0, 0.1) is 0 Å². The topological polar surface area (TPSA) is 29.5 Å². The van der Waals surface area contributed by atoms with Gasteiger partial charge in [-0.3, -0.25) is 4.90 Å². The number of rotatable bonds is 6. The molecule has 3 rings (SSSR count). The minimum absolute atomic E-state index is 0.218. The summed E-state index contributed by atoms with van der Waals surface area (Å²) in [5.41, 5.74) is 3.03. The quantitative estimate of drug-likeness (QED) is 0.562. The van der Waals surface area contributed by atoms with Gasteiger partial charge < -0.3 is 4.74 Å². The summed E-state index contributed by atoms with van der Waals surface area (Å²) in [7, 11) is 0. The summed E-state index contributed by atoms with van der Waals surface area (Å²) in [6.07, 6.45) is -0.340. The first kappa shape index (κ1) is 18.0. The number of hydrogen-bond acceptors (Lipinski definition) is 2. The molecule has 0 radical (unpaired) electrons. The molecule has 0 saturated heterocycles. The highest BCUT2D eigenvalue weighted by molar-refractivity contribution is 6.30. The number of ether oxygens (including phenoxy) is 1. The molecule has 1 amide bonds. The third kappa shape index (κ3) is 5.36. The van der Waals surface area contributed by atoms with E-state index in [0.29, 0.717) is 18.1 Å². The molecular formula is C22H20ClNO2. The first-order valence-electron chi connectivity index (χ1n) is 8.45. The molecule has 3 aromatic rings. The van der Waals surface area contributed by atoms with Crippen molar-refractivity contribution in [1.29, 1.82) is 0 Å². The van der Waals surface area contributed by atoms with Gasteiger partial charge in [-0.05, 0) is 28.8 Å². The molecule has 0 aliphatic heterocycles. The van der Waals surface area contributed by atoms with E-state index in [4.69, 9.17) is 16.3 Å². The maximum Gasteiger partial charge on any atom is 0.410 e. The third-order valence-corrected chi connectivity index (χ3v) is 4.22. The van der Waals surface area contributed by atoms with Crippen molar-refractivity contribution in [2.75, 3.05) is 0 Å². The molecule has 0 aromatic heterocycles. The van der Waals surface area contributed by atoms with E-state index in [0.717, 1.165) is 16.7 Å². The van der Waals surface area contributed by atoms with Crippen LogP contribution in [0.5, 0.6) is 0 Å². The Morgan fingerprint density at radius 2 is 1.23 bits per heavy atom. The SMILES string of the molecule is O=C(OCc1ccc(Cl)cc1)N(Cc1ccccc1)Cc1ccccc1. The molecule has 0 spiro atoms. The lowest BCUT2D eigenvalue weighted by Crippen LogP contribution is -2.30. The lowest BCUT2D eigenvalue weighted by atomic mass is 10.2. The Bertz CT molecular complexity index is 778. The Kier molecular flexibility index (Phi) is 6.29. The highest BCUT2D eigenvalue weighted by Crippen LogP contribution is 2.14. The van der Waals surface area contributed by atoms with Gasteiger partial charge in [0.2, 0.25) is 0 Å². The molecule has 0 aliphatic carbocycles. The molecule has 26 heavy (non-hydrogen) atoms.